The van der Waals surface area contributed by atoms with Crippen molar-refractivity contribution in [3.63, 3.8) is 0 Å². The lowest BCUT2D eigenvalue weighted by Crippen LogP contribution is -2.09. The Bertz CT molecular complexity index is 849. The van der Waals surface area contributed by atoms with Crippen molar-refractivity contribution in [2.24, 2.45) is 0 Å². The largest absolute Gasteiger partial charge is 0.378 e. The number of nitrogens with one attached hydrogen (secondary N) is 1. The molecule has 0 heterocycles. The zero-order chi connectivity index (χ0) is 17.2. The second-order valence-corrected chi connectivity index (χ2v) is 6.37. The zero-order valence-electron chi connectivity index (χ0n) is 12.4. The van der Waals surface area contributed by atoms with Crippen molar-refractivity contribution < 1.29 is 17.9 Å². The lowest BCUT2D eigenvalue weighted by Gasteiger charge is -2.15. The maximum Gasteiger partial charge on any atom is 0.296 e. The maximum absolute atomic E-state index is 11.5. The molecular weight excluding hydrogens is 322 g/mol. The lowest BCUT2D eigenvalue weighted by atomic mass is 10.2. The molecule has 0 saturated carbocycles. The summed E-state index contributed by atoms with van der Waals surface area (Å²) in [6.45, 7) is 0. The first-order chi connectivity index (χ1) is 10.7. The summed E-state index contributed by atoms with van der Waals surface area (Å²) in [6.07, 6.45) is 0. The van der Waals surface area contributed by atoms with Crippen molar-refractivity contribution in [2.75, 3.05) is 24.3 Å². The molecule has 122 valence electrons. The Balaban J connectivity index is 2.47. The van der Waals surface area contributed by atoms with Crippen molar-refractivity contribution in [3.8, 4) is 0 Å². The number of hydrogen-bond acceptors (Lipinski definition) is 6. The number of nitro benzene ring substituents is 1. The first-order valence-electron chi connectivity index (χ1n) is 6.49. The van der Waals surface area contributed by atoms with Gasteiger partial charge in [-0.25, -0.2) is 0 Å². The highest BCUT2D eigenvalue weighted by Gasteiger charge is 2.20. The van der Waals surface area contributed by atoms with Crippen molar-refractivity contribution in [1.82, 2.24) is 0 Å². The summed E-state index contributed by atoms with van der Waals surface area (Å²) >= 11 is 0. The fourth-order valence-electron chi connectivity index (χ4n) is 1.96. The van der Waals surface area contributed by atoms with Crippen LogP contribution in [0.5, 0.6) is 0 Å². The molecule has 2 rings (SSSR count). The Morgan fingerprint density at radius 1 is 1.17 bits per heavy atom. The average Bonchev–Trinajstić information content (AvgIpc) is 2.46. The van der Waals surface area contributed by atoms with Crippen LogP contribution in [-0.4, -0.2) is 32.0 Å². The number of nitrogens with zero attached hydrogens (tertiary/aromatic N) is 2. The molecule has 9 heteroatoms. The molecule has 0 aromatic heterocycles. The minimum Gasteiger partial charge on any atom is -0.378 e. The van der Waals surface area contributed by atoms with Gasteiger partial charge in [-0.1, -0.05) is 6.07 Å². The molecule has 0 amide bonds. The Morgan fingerprint density at radius 2 is 1.87 bits per heavy atom. The molecule has 8 nitrogen and oxygen atoms in total. The van der Waals surface area contributed by atoms with Crippen LogP contribution in [0.15, 0.2) is 47.4 Å². The van der Waals surface area contributed by atoms with Crippen LogP contribution in [0.3, 0.4) is 0 Å². The van der Waals surface area contributed by atoms with E-state index in [1.807, 2.05) is 25.1 Å². The fraction of sp³-hybridized carbons (Fsp3) is 0.143. The van der Waals surface area contributed by atoms with E-state index < -0.39 is 25.6 Å². The SMILES string of the molecule is CN(C)c1cccc(Nc2ccc([N+](=O)[O-])cc2S(=O)(=O)O)c1. The van der Waals surface area contributed by atoms with Crippen molar-refractivity contribution in [3.05, 3.63) is 52.6 Å². The Morgan fingerprint density at radius 3 is 2.43 bits per heavy atom. The van der Waals surface area contributed by atoms with Gasteiger partial charge in [-0.15, -0.1) is 0 Å². The van der Waals surface area contributed by atoms with Gasteiger partial charge in [0.15, 0.2) is 0 Å². The highest BCUT2D eigenvalue weighted by atomic mass is 32.2. The molecule has 0 spiro atoms. The van der Waals surface area contributed by atoms with Gasteiger partial charge in [-0.2, -0.15) is 8.42 Å². The van der Waals surface area contributed by atoms with Gasteiger partial charge >= 0.3 is 0 Å². The summed E-state index contributed by atoms with van der Waals surface area (Å²) in [5.41, 5.74) is 1.08. The van der Waals surface area contributed by atoms with Gasteiger partial charge < -0.3 is 10.2 Å². The van der Waals surface area contributed by atoms with E-state index in [9.17, 15) is 23.1 Å². The van der Waals surface area contributed by atoms with Crippen molar-refractivity contribution >= 4 is 32.9 Å². The minimum atomic E-state index is -4.61. The van der Waals surface area contributed by atoms with Gasteiger partial charge in [-0.3, -0.25) is 14.7 Å². The second kappa shape index (κ2) is 6.23. The normalized spacial score (nSPS) is 11.1. The molecule has 0 aliphatic carbocycles. The summed E-state index contributed by atoms with van der Waals surface area (Å²) in [4.78, 5) is 11.4. The summed E-state index contributed by atoms with van der Waals surface area (Å²) in [5.74, 6) is 0. The van der Waals surface area contributed by atoms with Crippen LogP contribution in [0.2, 0.25) is 0 Å². The summed E-state index contributed by atoms with van der Waals surface area (Å²) in [6, 6.07) is 10.3. The molecule has 0 unspecified atom stereocenters. The van der Waals surface area contributed by atoms with Crippen LogP contribution in [0.1, 0.15) is 0 Å². The zero-order valence-corrected chi connectivity index (χ0v) is 13.2. The molecule has 2 aromatic carbocycles. The molecule has 0 radical (unpaired) electrons. The van der Waals surface area contributed by atoms with E-state index in [2.05, 4.69) is 5.32 Å². The molecule has 0 aliphatic heterocycles. The lowest BCUT2D eigenvalue weighted by molar-refractivity contribution is -0.385. The van der Waals surface area contributed by atoms with Crippen LogP contribution < -0.4 is 10.2 Å². The highest BCUT2D eigenvalue weighted by Crippen LogP contribution is 2.29. The van der Waals surface area contributed by atoms with E-state index in [1.54, 1.807) is 18.2 Å². The van der Waals surface area contributed by atoms with Gasteiger partial charge in [0.25, 0.3) is 15.8 Å². The van der Waals surface area contributed by atoms with Gasteiger partial charge in [0, 0.05) is 37.6 Å². The number of hydrogen-bond donors (Lipinski definition) is 2. The number of nitro groups is 1. The third kappa shape index (κ3) is 3.96. The quantitative estimate of drug-likeness (QED) is 0.490. The van der Waals surface area contributed by atoms with E-state index in [0.29, 0.717) is 5.69 Å². The smallest absolute Gasteiger partial charge is 0.296 e. The highest BCUT2D eigenvalue weighted by molar-refractivity contribution is 7.86. The van der Waals surface area contributed by atoms with Gasteiger partial charge in [0.1, 0.15) is 4.90 Å². The van der Waals surface area contributed by atoms with Crippen LogP contribution in [-0.2, 0) is 10.1 Å². The Hall–Kier alpha value is -2.65. The molecule has 0 aliphatic rings. The second-order valence-electron chi connectivity index (χ2n) is 4.98. The first kappa shape index (κ1) is 16.7. The molecule has 0 saturated heterocycles. The van der Waals surface area contributed by atoms with Crippen LogP contribution in [0.25, 0.3) is 0 Å². The van der Waals surface area contributed by atoms with E-state index in [4.69, 9.17) is 0 Å². The third-order valence-corrected chi connectivity index (χ3v) is 3.99. The Labute approximate surface area is 133 Å². The third-order valence-electron chi connectivity index (χ3n) is 3.10. The summed E-state index contributed by atoms with van der Waals surface area (Å²) < 4.78 is 32.3. The van der Waals surface area contributed by atoms with E-state index in [0.717, 1.165) is 17.8 Å². The van der Waals surface area contributed by atoms with Crippen molar-refractivity contribution in [2.45, 2.75) is 4.90 Å². The van der Waals surface area contributed by atoms with Crippen LogP contribution >= 0.6 is 0 Å². The number of anilines is 3. The Kier molecular flexibility index (Phi) is 4.52. The number of rotatable bonds is 5. The number of non-ortho nitro benzene ring substituents is 1. The van der Waals surface area contributed by atoms with E-state index in [-0.39, 0.29) is 5.69 Å². The van der Waals surface area contributed by atoms with E-state index >= 15 is 0 Å². The molecule has 2 aromatic rings. The molecule has 0 fully saturated rings. The molecular formula is C14H15N3O5S. The molecule has 0 atom stereocenters. The van der Waals surface area contributed by atoms with E-state index in [1.165, 1.54) is 6.07 Å². The first-order valence-corrected chi connectivity index (χ1v) is 7.93. The fourth-order valence-corrected chi connectivity index (χ4v) is 2.63. The number of benzene rings is 2. The monoisotopic (exact) mass is 337 g/mol. The maximum atomic E-state index is 11.5. The van der Waals surface area contributed by atoms with Gasteiger partial charge in [0.05, 0.1) is 10.6 Å². The van der Waals surface area contributed by atoms with Crippen molar-refractivity contribution in [1.29, 1.82) is 0 Å². The topological polar surface area (TPSA) is 113 Å². The average molecular weight is 337 g/mol. The van der Waals surface area contributed by atoms with Gasteiger partial charge in [-0.05, 0) is 24.3 Å². The predicted octanol–water partition coefficient (Wildman–Crippen LogP) is 2.65. The van der Waals surface area contributed by atoms with Crippen LogP contribution in [0, 0.1) is 10.1 Å². The summed E-state index contributed by atoms with van der Waals surface area (Å²) in [5, 5.41) is 13.6. The predicted molar refractivity (Wildman–Crippen MR) is 87.0 cm³/mol. The minimum absolute atomic E-state index is 0.0500. The standard InChI is InChI=1S/C14H15N3O5S/c1-16(2)11-5-3-4-10(8-11)15-13-7-6-12(17(18)19)9-14(13)23(20,21)22/h3-9,15H,1-2H3,(H,20,21,22). The summed E-state index contributed by atoms with van der Waals surface area (Å²) in [7, 11) is -0.902. The molecule has 0 bridgehead atoms. The van der Waals surface area contributed by atoms with Crippen LogP contribution in [0.4, 0.5) is 22.7 Å². The molecule has 2 N–H and O–H groups in total. The van der Waals surface area contributed by atoms with Gasteiger partial charge in [0.2, 0.25) is 0 Å². The molecule has 23 heavy (non-hydrogen) atoms.